The van der Waals surface area contributed by atoms with Gasteiger partial charge in [0.1, 0.15) is 5.54 Å². The highest BCUT2D eigenvalue weighted by Crippen LogP contribution is 2.21. The second-order valence-electron chi connectivity index (χ2n) is 5.41. The third kappa shape index (κ3) is 2.36. The predicted octanol–water partition coefficient (Wildman–Crippen LogP) is 1.52. The molecular weight excluding hydrogens is 260 g/mol. The number of aryl methyl sites for hydroxylation is 1. The van der Waals surface area contributed by atoms with E-state index in [2.05, 4.69) is 5.32 Å². The zero-order chi connectivity index (χ0) is 15.1. The Labute approximate surface area is 116 Å². The molecule has 0 atom stereocenters. The van der Waals surface area contributed by atoms with Gasteiger partial charge in [0.05, 0.1) is 12.1 Å². The molecule has 0 aromatic heterocycles. The number of nitrogens with one attached hydrogen (secondary N) is 1. The van der Waals surface area contributed by atoms with Crippen LogP contribution in [0.5, 0.6) is 0 Å². The summed E-state index contributed by atoms with van der Waals surface area (Å²) < 4.78 is 0. The molecule has 1 aliphatic rings. The number of amides is 3. The molecule has 1 aromatic rings. The Morgan fingerprint density at radius 1 is 1.35 bits per heavy atom. The van der Waals surface area contributed by atoms with Crippen molar-refractivity contribution in [3.05, 3.63) is 34.9 Å². The normalized spacial score (nSPS) is 17.2. The Morgan fingerprint density at radius 3 is 2.50 bits per heavy atom. The van der Waals surface area contributed by atoms with Crippen molar-refractivity contribution in [2.75, 3.05) is 0 Å². The molecule has 1 aliphatic heterocycles. The first-order chi connectivity index (χ1) is 9.22. The Balaban J connectivity index is 2.35. The van der Waals surface area contributed by atoms with Crippen molar-refractivity contribution in [3.8, 4) is 0 Å². The number of nitrogens with zero attached hydrogens (tertiary/aromatic N) is 1. The molecule has 1 heterocycles. The fourth-order valence-corrected chi connectivity index (χ4v) is 2.19. The molecule has 3 amide bonds. The van der Waals surface area contributed by atoms with Gasteiger partial charge in [0.25, 0.3) is 5.91 Å². The summed E-state index contributed by atoms with van der Waals surface area (Å²) in [6, 6.07) is 4.34. The molecule has 1 fully saturated rings. The molecule has 1 saturated heterocycles. The van der Waals surface area contributed by atoms with E-state index < -0.39 is 17.5 Å². The molecule has 20 heavy (non-hydrogen) atoms. The largest absolute Gasteiger partial charge is 0.478 e. The van der Waals surface area contributed by atoms with Gasteiger partial charge in [-0.25, -0.2) is 9.59 Å². The summed E-state index contributed by atoms with van der Waals surface area (Å²) >= 11 is 0. The second-order valence-corrected chi connectivity index (χ2v) is 5.41. The van der Waals surface area contributed by atoms with E-state index >= 15 is 0 Å². The number of urea groups is 1. The smallest absolute Gasteiger partial charge is 0.336 e. The van der Waals surface area contributed by atoms with Crippen molar-refractivity contribution in [3.63, 3.8) is 0 Å². The van der Waals surface area contributed by atoms with E-state index in [1.807, 2.05) is 6.92 Å². The Bertz CT molecular complexity index is 607. The lowest BCUT2D eigenvalue weighted by Crippen LogP contribution is -2.40. The van der Waals surface area contributed by atoms with E-state index in [0.29, 0.717) is 5.56 Å². The quantitative estimate of drug-likeness (QED) is 0.819. The van der Waals surface area contributed by atoms with E-state index in [1.54, 1.807) is 26.0 Å². The summed E-state index contributed by atoms with van der Waals surface area (Å²) in [7, 11) is 0. The van der Waals surface area contributed by atoms with Gasteiger partial charge in [0, 0.05) is 0 Å². The van der Waals surface area contributed by atoms with Crippen LogP contribution in [0.2, 0.25) is 0 Å². The van der Waals surface area contributed by atoms with Crippen LogP contribution in [-0.4, -0.2) is 33.5 Å². The summed E-state index contributed by atoms with van der Waals surface area (Å²) in [5.74, 6) is -1.44. The number of hydrogen-bond donors (Lipinski definition) is 2. The van der Waals surface area contributed by atoms with Crippen molar-refractivity contribution in [1.29, 1.82) is 0 Å². The molecule has 0 bridgehead atoms. The third-order valence-electron chi connectivity index (χ3n) is 3.26. The van der Waals surface area contributed by atoms with Crippen LogP contribution in [-0.2, 0) is 11.3 Å². The third-order valence-corrected chi connectivity index (χ3v) is 3.26. The number of carboxylic acid groups (broad SMARTS) is 1. The first kappa shape index (κ1) is 14.0. The lowest BCUT2D eigenvalue weighted by atomic mass is 10.0. The van der Waals surface area contributed by atoms with Crippen LogP contribution in [0.1, 0.15) is 35.3 Å². The molecule has 1 aromatic carbocycles. The maximum atomic E-state index is 12.1. The van der Waals surface area contributed by atoms with E-state index in [4.69, 9.17) is 5.11 Å². The van der Waals surface area contributed by atoms with Gasteiger partial charge in [0.15, 0.2) is 0 Å². The molecule has 2 rings (SSSR count). The van der Waals surface area contributed by atoms with Crippen LogP contribution in [0, 0.1) is 6.92 Å². The average molecular weight is 276 g/mol. The summed E-state index contributed by atoms with van der Waals surface area (Å²) in [5.41, 5.74) is 0.459. The van der Waals surface area contributed by atoms with Crippen molar-refractivity contribution in [2.45, 2.75) is 32.9 Å². The first-order valence-corrected chi connectivity index (χ1v) is 6.19. The lowest BCUT2D eigenvalue weighted by Gasteiger charge is -2.17. The molecule has 2 N–H and O–H groups in total. The SMILES string of the molecule is Cc1ccc(C(=O)O)c(CN2C(=O)NC(C)(C)C2=O)c1. The Kier molecular flexibility index (Phi) is 3.25. The molecule has 0 unspecified atom stereocenters. The zero-order valence-electron chi connectivity index (χ0n) is 11.6. The zero-order valence-corrected chi connectivity index (χ0v) is 11.6. The van der Waals surface area contributed by atoms with Crippen LogP contribution in [0.25, 0.3) is 0 Å². The summed E-state index contributed by atoms with van der Waals surface area (Å²) in [4.78, 5) is 36.2. The Morgan fingerprint density at radius 2 is 2.00 bits per heavy atom. The summed E-state index contributed by atoms with van der Waals surface area (Å²) in [6.07, 6.45) is 0. The molecular formula is C14H16N2O4. The Hall–Kier alpha value is -2.37. The van der Waals surface area contributed by atoms with Crippen molar-refractivity contribution >= 4 is 17.9 Å². The standard InChI is InChI=1S/C14H16N2O4/c1-8-4-5-10(11(17)18)9(6-8)7-16-12(19)14(2,3)15-13(16)20/h4-6H,7H2,1-3H3,(H,15,20)(H,17,18). The summed E-state index contributed by atoms with van der Waals surface area (Å²) in [5, 5.41) is 11.7. The van der Waals surface area contributed by atoms with Crippen molar-refractivity contribution in [2.24, 2.45) is 0 Å². The van der Waals surface area contributed by atoms with Crippen molar-refractivity contribution in [1.82, 2.24) is 10.2 Å². The number of imide groups is 1. The van der Waals surface area contributed by atoms with E-state index in [0.717, 1.165) is 10.5 Å². The fourth-order valence-electron chi connectivity index (χ4n) is 2.19. The molecule has 0 saturated carbocycles. The number of aromatic carboxylic acids is 1. The topological polar surface area (TPSA) is 86.7 Å². The fraction of sp³-hybridized carbons (Fsp3) is 0.357. The van der Waals surface area contributed by atoms with Gasteiger partial charge in [-0.15, -0.1) is 0 Å². The van der Waals surface area contributed by atoms with Crippen LogP contribution >= 0.6 is 0 Å². The van der Waals surface area contributed by atoms with Gasteiger partial charge >= 0.3 is 12.0 Å². The van der Waals surface area contributed by atoms with Gasteiger partial charge in [-0.1, -0.05) is 17.7 Å². The van der Waals surface area contributed by atoms with Gasteiger partial charge in [-0.3, -0.25) is 9.69 Å². The predicted molar refractivity (Wildman–Crippen MR) is 71.3 cm³/mol. The minimum atomic E-state index is -1.08. The first-order valence-electron chi connectivity index (χ1n) is 6.19. The highest BCUT2D eigenvalue weighted by atomic mass is 16.4. The molecule has 6 heteroatoms. The number of hydrogen-bond acceptors (Lipinski definition) is 3. The van der Waals surface area contributed by atoms with Crippen LogP contribution in [0.15, 0.2) is 18.2 Å². The van der Waals surface area contributed by atoms with E-state index in [-0.39, 0.29) is 18.0 Å². The number of benzene rings is 1. The average Bonchev–Trinajstić information content (AvgIpc) is 2.51. The lowest BCUT2D eigenvalue weighted by molar-refractivity contribution is -0.130. The molecule has 6 nitrogen and oxygen atoms in total. The number of carbonyl (C=O) groups is 3. The maximum Gasteiger partial charge on any atom is 0.336 e. The number of rotatable bonds is 3. The van der Waals surface area contributed by atoms with Crippen molar-refractivity contribution < 1.29 is 19.5 Å². The summed E-state index contributed by atoms with van der Waals surface area (Å²) in [6.45, 7) is 5.01. The van der Waals surface area contributed by atoms with Gasteiger partial charge in [0.2, 0.25) is 0 Å². The highest BCUT2D eigenvalue weighted by Gasteiger charge is 2.44. The van der Waals surface area contributed by atoms with Gasteiger partial charge in [-0.2, -0.15) is 0 Å². The molecule has 106 valence electrons. The monoisotopic (exact) mass is 276 g/mol. The number of carbonyl (C=O) groups excluding carboxylic acids is 2. The number of carboxylic acids is 1. The van der Waals surface area contributed by atoms with E-state index in [1.165, 1.54) is 6.07 Å². The minimum Gasteiger partial charge on any atom is -0.478 e. The minimum absolute atomic E-state index is 0.0442. The van der Waals surface area contributed by atoms with Gasteiger partial charge < -0.3 is 10.4 Å². The van der Waals surface area contributed by atoms with Crippen LogP contribution in [0.3, 0.4) is 0 Å². The molecule has 0 spiro atoms. The molecule has 0 radical (unpaired) electrons. The van der Waals surface area contributed by atoms with Crippen LogP contribution < -0.4 is 5.32 Å². The van der Waals surface area contributed by atoms with E-state index in [9.17, 15) is 14.4 Å². The van der Waals surface area contributed by atoms with Gasteiger partial charge in [-0.05, 0) is 32.4 Å². The molecule has 0 aliphatic carbocycles. The highest BCUT2D eigenvalue weighted by molar-refractivity contribution is 6.06. The maximum absolute atomic E-state index is 12.1. The van der Waals surface area contributed by atoms with Crippen LogP contribution in [0.4, 0.5) is 4.79 Å². The second kappa shape index (κ2) is 4.63.